The maximum absolute atomic E-state index is 13.2. The second-order valence-corrected chi connectivity index (χ2v) is 13.5. The zero-order valence-electron chi connectivity index (χ0n) is 23.0. The van der Waals surface area contributed by atoms with Gasteiger partial charge in [0.1, 0.15) is 11.5 Å². The van der Waals surface area contributed by atoms with Crippen LogP contribution >= 0.6 is 11.6 Å². The minimum absolute atomic E-state index is 0.0226. The second kappa shape index (κ2) is 12.5. The Morgan fingerprint density at radius 2 is 1.42 bits per heavy atom. The summed E-state index contributed by atoms with van der Waals surface area (Å²) in [4.78, 5) is 12.8. The number of fused-ring (bicyclic) bond motifs is 1. The van der Waals surface area contributed by atoms with Gasteiger partial charge in [0, 0.05) is 22.9 Å². The molecule has 0 fully saturated rings. The molecule has 1 aliphatic heterocycles. The monoisotopic (exact) mass is 641 g/mol. The van der Waals surface area contributed by atoms with Gasteiger partial charge in [0.2, 0.25) is 0 Å². The summed E-state index contributed by atoms with van der Waals surface area (Å²) >= 11 is 5.91. The van der Waals surface area contributed by atoms with Crippen LogP contribution in [0.2, 0.25) is 5.02 Å². The largest absolute Gasteiger partial charge is 0.494 e. The van der Waals surface area contributed by atoms with Gasteiger partial charge in [-0.3, -0.25) is 13.8 Å². The first-order valence-corrected chi connectivity index (χ1v) is 16.5. The van der Waals surface area contributed by atoms with Crippen LogP contribution in [0, 0.1) is 0 Å². The predicted molar refractivity (Wildman–Crippen MR) is 165 cm³/mol. The van der Waals surface area contributed by atoms with Crippen LogP contribution in [0.15, 0.2) is 101 Å². The number of carbonyl (C=O) groups excluding carboxylic acids is 1. The van der Waals surface area contributed by atoms with Gasteiger partial charge in [-0.15, -0.1) is 0 Å². The minimum atomic E-state index is -3.85. The molecule has 0 spiro atoms. The van der Waals surface area contributed by atoms with Gasteiger partial charge in [-0.05, 0) is 104 Å². The maximum atomic E-state index is 13.2. The Hall–Kier alpha value is -4.26. The van der Waals surface area contributed by atoms with Crippen molar-refractivity contribution < 1.29 is 31.1 Å². The third-order valence-electron chi connectivity index (χ3n) is 6.55. The zero-order valence-corrected chi connectivity index (χ0v) is 25.4. The molecule has 224 valence electrons. The number of amides is 1. The fraction of sp³-hybridized carbons (Fsp3) is 0.167. The highest BCUT2D eigenvalue weighted by Gasteiger charge is 2.31. The molecule has 2 N–H and O–H groups in total. The number of anilines is 3. The molecule has 0 bridgehead atoms. The number of halogens is 1. The van der Waals surface area contributed by atoms with Crippen molar-refractivity contribution in [1.82, 2.24) is 0 Å². The molecule has 4 aromatic rings. The molecular formula is C30H28ClN3O7S2. The topological polar surface area (TPSA) is 131 Å². The number of rotatable bonds is 11. The number of hydrogen-bond acceptors (Lipinski definition) is 7. The van der Waals surface area contributed by atoms with E-state index in [2.05, 4.69) is 10.0 Å². The number of ether oxygens (including phenoxy) is 2. The van der Waals surface area contributed by atoms with E-state index in [-0.39, 0.29) is 22.9 Å². The van der Waals surface area contributed by atoms with E-state index in [4.69, 9.17) is 21.1 Å². The summed E-state index contributed by atoms with van der Waals surface area (Å²) in [6.07, 6.45) is 0.543. The Morgan fingerprint density at radius 1 is 0.814 bits per heavy atom. The lowest BCUT2D eigenvalue weighted by Gasteiger charge is -2.20. The summed E-state index contributed by atoms with van der Waals surface area (Å²) in [5.41, 5.74) is 2.13. The quantitative estimate of drug-likeness (QED) is 0.227. The van der Waals surface area contributed by atoms with E-state index in [1.165, 1.54) is 52.8 Å². The molecule has 0 aliphatic carbocycles. The Morgan fingerprint density at radius 3 is 2.09 bits per heavy atom. The standard InChI is InChI=1S/C30H28ClN3O7S2/c1-2-40-25-9-7-23(8-10-25)33-42(36,37)27-15-11-26(12-16-27)41-20-30(35)32-24-6-3-21-17-18-34(29(21)19-24)43(38,39)28-13-4-22(31)5-14-28/h3-16,19,33H,2,17-18,20H2,1H3,(H,32,35). The maximum Gasteiger partial charge on any atom is 0.264 e. The normalized spacial score (nSPS) is 12.8. The molecule has 0 aromatic heterocycles. The molecule has 13 heteroatoms. The zero-order chi connectivity index (χ0) is 30.6. The SMILES string of the molecule is CCOc1ccc(NS(=O)(=O)c2ccc(OCC(=O)Nc3ccc4c(c3)N(S(=O)(=O)c3ccc(Cl)cc3)CC4)cc2)cc1. The van der Waals surface area contributed by atoms with E-state index in [1.54, 1.807) is 42.5 Å². The lowest BCUT2D eigenvalue weighted by atomic mass is 10.1. The van der Waals surface area contributed by atoms with E-state index >= 15 is 0 Å². The molecule has 0 saturated carbocycles. The molecule has 0 atom stereocenters. The molecule has 1 amide bonds. The van der Waals surface area contributed by atoms with Crippen molar-refractivity contribution in [1.29, 1.82) is 0 Å². The van der Waals surface area contributed by atoms with Crippen LogP contribution in [0.1, 0.15) is 12.5 Å². The summed E-state index contributed by atoms with van der Waals surface area (Å²) in [6, 6.07) is 23.3. The van der Waals surface area contributed by atoms with Crippen molar-refractivity contribution in [2.45, 2.75) is 23.1 Å². The van der Waals surface area contributed by atoms with Gasteiger partial charge in [-0.1, -0.05) is 17.7 Å². The second-order valence-electron chi connectivity index (χ2n) is 9.50. The summed E-state index contributed by atoms with van der Waals surface area (Å²) in [6.45, 7) is 2.30. The van der Waals surface area contributed by atoms with Gasteiger partial charge in [0.25, 0.3) is 26.0 Å². The van der Waals surface area contributed by atoms with E-state index in [9.17, 15) is 21.6 Å². The molecule has 0 saturated heterocycles. The Kier molecular flexibility index (Phi) is 8.81. The molecular weight excluding hydrogens is 614 g/mol. The van der Waals surface area contributed by atoms with E-state index in [1.807, 2.05) is 6.92 Å². The van der Waals surface area contributed by atoms with Crippen LogP contribution in [0.25, 0.3) is 0 Å². The fourth-order valence-corrected chi connectivity index (χ4v) is 7.15. The number of nitrogens with one attached hydrogen (secondary N) is 2. The first-order valence-electron chi connectivity index (χ1n) is 13.2. The van der Waals surface area contributed by atoms with E-state index in [0.717, 1.165) is 5.56 Å². The highest BCUT2D eigenvalue weighted by Crippen LogP contribution is 2.35. The van der Waals surface area contributed by atoms with Crippen LogP contribution in [0.3, 0.4) is 0 Å². The van der Waals surface area contributed by atoms with Crippen LogP contribution in [0.5, 0.6) is 11.5 Å². The van der Waals surface area contributed by atoms with Gasteiger partial charge in [-0.25, -0.2) is 16.8 Å². The third-order valence-corrected chi connectivity index (χ3v) is 10.0. The molecule has 1 heterocycles. The lowest BCUT2D eigenvalue weighted by Crippen LogP contribution is -2.29. The van der Waals surface area contributed by atoms with Gasteiger partial charge in [0.05, 0.1) is 22.1 Å². The predicted octanol–water partition coefficient (Wildman–Crippen LogP) is 5.31. The van der Waals surface area contributed by atoms with Gasteiger partial charge >= 0.3 is 0 Å². The molecule has 5 rings (SSSR count). The lowest BCUT2D eigenvalue weighted by molar-refractivity contribution is -0.118. The highest BCUT2D eigenvalue weighted by atomic mass is 35.5. The fourth-order valence-electron chi connectivity index (χ4n) is 4.47. The van der Waals surface area contributed by atoms with E-state index in [0.29, 0.717) is 46.6 Å². The number of benzene rings is 4. The van der Waals surface area contributed by atoms with Crippen molar-refractivity contribution in [3.8, 4) is 11.5 Å². The number of nitrogens with zero attached hydrogens (tertiary/aromatic N) is 1. The summed E-state index contributed by atoms with van der Waals surface area (Å²) in [5.74, 6) is 0.458. The average molecular weight is 642 g/mol. The van der Waals surface area contributed by atoms with Crippen LogP contribution < -0.4 is 23.8 Å². The molecule has 0 radical (unpaired) electrons. The van der Waals surface area contributed by atoms with Crippen molar-refractivity contribution in [3.05, 3.63) is 102 Å². The average Bonchev–Trinajstić information content (AvgIpc) is 3.42. The smallest absolute Gasteiger partial charge is 0.264 e. The van der Waals surface area contributed by atoms with Crippen molar-refractivity contribution in [2.24, 2.45) is 0 Å². The third kappa shape index (κ3) is 7.04. The Balaban J connectivity index is 1.18. The molecule has 43 heavy (non-hydrogen) atoms. The van der Waals surface area contributed by atoms with Gasteiger partial charge in [-0.2, -0.15) is 0 Å². The summed E-state index contributed by atoms with van der Waals surface area (Å²) < 4.78 is 66.7. The minimum Gasteiger partial charge on any atom is -0.494 e. The summed E-state index contributed by atoms with van der Waals surface area (Å²) in [5, 5.41) is 3.15. The van der Waals surface area contributed by atoms with Gasteiger partial charge in [0.15, 0.2) is 6.61 Å². The first kappa shape index (κ1) is 30.2. The highest BCUT2D eigenvalue weighted by molar-refractivity contribution is 7.93. The van der Waals surface area contributed by atoms with Crippen molar-refractivity contribution in [3.63, 3.8) is 0 Å². The number of hydrogen-bond donors (Lipinski definition) is 2. The number of sulfonamides is 2. The summed E-state index contributed by atoms with van der Waals surface area (Å²) in [7, 11) is -7.66. The van der Waals surface area contributed by atoms with Crippen molar-refractivity contribution >= 4 is 54.6 Å². The Bertz CT molecular complexity index is 1830. The first-order chi connectivity index (χ1) is 20.5. The van der Waals surface area contributed by atoms with Gasteiger partial charge < -0.3 is 14.8 Å². The van der Waals surface area contributed by atoms with Crippen LogP contribution in [0.4, 0.5) is 17.1 Å². The van der Waals surface area contributed by atoms with Crippen molar-refractivity contribution in [2.75, 3.05) is 34.1 Å². The number of carbonyl (C=O) groups is 1. The van der Waals surface area contributed by atoms with E-state index < -0.39 is 26.0 Å². The molecule has 0 unspecified atom stereocenters. The molecule has 1 aliphatic rings. The Labute approximate surface area is 255 Å². The molecule has 4 aromatic carbocycles. The van der Waals surface area contributed by atoms with Crippen LogP contribution in [-0.2, 0) is 31.3 Å². The van der Waals surface area contributed by atoms with Crippen LogP contribution in [-0.4, -0.2) is 42.5 Å². The molecule has 10 nitrogen and oxygen atoms in total.